The molecule has 23 heavy (non-hydrogen) atoms. The molecule has 1 aromatic carbocycles. The van der Waals surface area contributed by atoms with Crippen LogP contribution in [0.25, 0.3) is 0 Å². The van der Waals surface area contributed by atoms with Crippen molar-refractivity contribution in [2.45, 2.75) is 17.7 Å². The number of hydrogen-bond donors (Lipinski definition) is 3. The molecular weight excluding hydrogens is 359 g/mol. The van der Waals surface area contributed by atoms with E-state index in [0.717, 1.165) is 0 Å². The number of fused-ring (bicyclic) bond motifs is 1. The molecule has 0 atom stereocenters. The number of carboxylic acid groups (broad SMARTS) is 2. The first kappa shape index (κ1) is 28.4. The summed E-state index contributed by atoms with van der Waals surface area (Å²) < 4.78 is 24.2. The van der Waals surface area contributed by atoms with Crippen LogP contribution in [-0.4, -0.2) is 36.5 Å². The molecule has 0 spiro atoms. The summed E-state index contributed by atoms with van der Waals surface area (Å²) in [7, 11) is -3.55. The van der Waals surface area contributed by atoms with Gasteiger partial charge in [-0.3, -0.25) is 14.4 Å². The van der Waals surface area contributed by atoms with Gasteiger partial charge in [0.1, 0.15) is 4.90 Å². The second kappa shape index (κ2) is 12.9. The third-order valence-corrected chi connectivity index (χ3v) is 3.59. The van der Waals surface area contributed by atoms with Crippen LogP contribution in [0.4, 0.5) is 0 Å². The first-order valence-electron chi connectivity index (χ1n) is 5.34. The van der Waals surface area contributed by atoms with Crippen molar-refractivity contribution < 1.29 is 126 Å². The van der Waals surface area contributed by atoms with E-state index in [2.05, 4.69) is 0 Å². The summed E-state index contributed by atoms with van der Waals surface area (Å²) >= 11 is 0. The summed E-state index contributed by atoms with van der Waals surface area (Å²) in [5, 5.41) is 15.8. The number of carbonyl (C=O) groups excluding carboxylic acids is 1. The van der Waals surface area contributed by atoms with Crippen LogP contribution >= 0.6 is 0 Å². The summed E-state index contributed by atoms with van der Waals surface area (Å²) in [6, 6.07) is 6.09. The van der Waals surface area contributed by atoms with Crippen molar-refractivity contribution in [1.82, 2.24) is 4.72 Å². The predicted molar refractivity (Wildman–Crippen MR) is 68.9 cm³/mol. The smallest absolute Gasteiger partial charge is 1.00 e. The standard InChI is InChI=1S/C7H5NO3S.C4H6O4.3Na.3H/c9-7-5-3-1-2-4-6(5)12(10,11)8-7;5-3(6)1-2-4(7)8;;;;;;/h1-4H,(H,8,9);1-2H2,(H,5,6)(H,7,8);;;;;;/q;;3*+1;3*-1. The van der Waals surface area contributed by atoms with E-state index < -0.39 is 27.9 Å². The van der Waals surface area contributed by atoms with Gasteiger partial charge in [0.2, 0.25) is 0 Å². The molecule has 0 bridgehead atoms. The van der Waals surface area contributed by atoms with Crippen molar-refractivity contribution in [3.63, 3.8) is 0 Å². The number of aliphatic carboxylic acids is 2. The second-order valence-corrected chi connectivity index (χ2v) is 5.37. The van der Waals surface area contributed by atoms with E-state index in [1.54, 1.807) is 12.1 Å². The molecule has 0 unspecified atom stereocenters. The maximum Gasteiger partial charge on any atom is 1.00 e. The first-order valence-corrected chi connectivity index (χ1v) is 6.82. The maximum absolute atomic E-state index is 11.1. The third-order valence-electron chi connectivity index (χ3n) is 2.20. The Hall–Kier alpha value is 0.580. The van der Waals surface area contributed by atoms with Crippen LogP contribution in [0, 0.1) is 0 Å². The van der Waals surface area contributed by atoms with Gasteiger partial charge in [0, 0.05) is 0 Å². The molecular formula is C11H14NNa3O7S. The van der Waals surface area contributed by atoms with Gasteiger partial charge in [0.25, 0.3) is 15.9 Å². The van der Waals surface area contributed by atoms with Crippen LogP contribution < -0.4 is 93.4 Å². The fraction of sp³-hybridized carbons (Fsp3) is 0.182. The maximum atomic E-state index is 11.1. The van der Waals surface area contributed by atoms with E-state index >= 15 is 0 Å². The largest absolute Gasteiger partial charge is 1.00 e. The second-order valence-electron chi connectivity index (χ2n) is 3.72. The molecule has 12 heteroatoms. The average Bonchev–Trinajstić information content (AvgIpc) is 2.59. The van der Waals surface area contributed by atoms with Crippen molar-refractivity contribution in [2.75, 3.05) is 0 Å². The van der Waals surface area contributed by atoms with Crippen LogP contribution in [0.15, 0.2) is 29.2 Å². The summed E-state index contributed by atoms with van der Waals surface area (Å²) in [6.45, 7) is 0. The number of amides is 1. The summed E-state index contributed by atoms with van der Waals surface area (Å²) in [6.07, 6.45) is -0.593. The molecule has 0 fully saturated rings. The summed E-state index contributed by atoms with van der Waals surface area (Å²) in [4.78, 5) is 30.3. The quantitative estimate of drug-likeness (QED) is 0.448. The van der Waals surface area contributed by atoms with E-state index in [1.165, 1.54) is 12.1 Å². The number of sulfonamides is 1. The normalized spacial score (nSPS) is 12.6. The van der Waals surface area contributed by atoms with Gasteiger partial charge in [-0.1, -0.05) is 12.1 Å². The molecule has 0 aliphatic carbocycles. The number of hydrogen-bond acceptors (Lipinski definition) is 5. The average molecular weight is 373 g/mol. The molecule has 1 aliphatic heterocycles. The van der Waals surface area contributed by atoms with Crippen molar-refractivity contribution in [3.8, 4) is 0 Å². The monoisotopic (exact) mass is 373 g/mol. The molecule has 0 saturated carbocycles. The molecule has 0 radical (unpaired) electrons. The molecule has 0 aromatic heterocycles. The van der Waals surface area contributed by atoms with Gasteiger partial charge in [0.15, 0.2) is 0 Å². The van der Waals surface area contributed by atoms with E-state index in [1.807, 2.05) is 4.72 Å². The third kappa shape index (κ3) is 9.59. The van der Waals surface area contributed by atoms with E-state index in [0.29, 0.717) is 0 Å². The Bertz CT molecular complexity index is 663. The number of benzene rings is 1. The fourth-order valence-corrected chi connectivity index (χ4v) is 2.51. The molecule has 1 aliphatic rings. The Morgan fingerprint density at radius 3 is 1.83 bits per heavy atom. The van der Waals surface area contributed by atoms with Crippen LogP contribution in [0.1, 0.15) is 27.5 Å². The van der Waals surface area contributed by atoms with Crippen LogP contribution in [0.2, 0.25) is 0 Å². The number of carboxylic acids is 2. The van der Waals surface area contributed by atoms with Crippen molar-refractivity contribution in [3.05, 3.63) is 29.8 Å². The van der Waals surface area contributed by atoms with Crippen LogP contribution in [0.5, 0.6) is 0 Å². The first-order chi connectivity index (χ1) is 9.24. The number of rotatable bonds is 3. The Balaban J connectivity index is -0.0000000659. The minimum absolute atomic E-state index is 0. The number of nitrogens with one attached hydrogen (secondary N) is 1. The molecule has 0 saturated heterocycles. The molecule has 1 amide bonds. The zero-order valence-corrected chi connectivity index (χ0v) is 19.9. The Morgan fingerprint density at radius 1 is 1.00 bits per heavy atom. The van der Waals surface area contributed by atoms with Gasteiger partial charge < -0.3 is 14.5 Å². The predicted octanol–water partition coefficient (Wildman–Crippen LogP) is -8.60. The summed E-state index contributed by atoms with van der Waals surface area (Å²) in [5.41, 5.74) is 0.220. The van der Waals surface area contributed by atoms with Gasteiger partial charge in [-0.15, -0.1) is 0 Å². The van der Waals surface area contributed by atoms with E-state index in [9.17, 15) is 22.8 Å². The van der Waals surface area contributed by atoms with Crippen molar-refractivity contribution in [1.29, 1.82) is 0 Å². The minimum atomic E-state index is -3.55. The molecule has 8 nitrogen and oxygen atoms in total. The van der Waals surface area contributed by atoms with Gasteiger partial charge >= 0.3 is 101 Å². The van der Waals surface area contributed by atoms with Gasteiger partial charge in [-0.25, -0.2) is 13.1 Å². The topological polar surface area (TPSA) is 138 Å². The SMILES string of the molecule is O=C(O)CCC(=O)O.O=C1NS(=O)(=O)c2ccccc21.[H-].[H-].[H-].[Na+].[Na+].[Na+]. The molecule has 1 aromatic rings. The summed E-state index contributed by atoms with van der Waals surface area (Å²) in [5.74, 6) is -2.70. The van der Waals surface area contributed by atoms with E-state index in [4.69, 9.17) is 10.2 Å². The number of carbonyl (C=O) groups is 3. The zero-order chi connectivity index (χ0) is 15.3. The molecule has 2 rings (SSSR count). The molecule has 114 valence electrons. The Labute approximate surface area is 203 Å². The molecule has 1 heterocycles. The Morgan fingerprint density at radius 2 is 1.43 bits per heavy atom. The fourth-order valence-electron chi connectivity index (χ4n) is 1.33. The minimum Gasteiger partial charge on any atom is -1.00 e. The van der Waals surface area contributed by atoms with Gasteiger partial charge in [-0.05, 0) is 12.1 Å². The van der Waals surface area contributed by atoms with Crippen LogP contribution in [0.3, 0.4) is 0 Å². The van der Waals surface area contributed by atoms with Gasteiger partial charge in [0.05, 0.1) is 18.4 Å². The van der Waals surface area contributed by atoms with E-state index in [-0.39, 0.29) is 116 Å². The Kier molecular flexibility index (Phi) is 15.9. The van der Waals surface area contributed by atoms with Crippen molar-refractivity contribution in [2.24, 2.45) is 0 Å². The van der Waals surface area contributed by atoms with Gasteiger partial charge in [-0.2, -0.15) is 0 Å². The van der Waals surface area contributed by atoms with Crippen LogP contribution in [-0.2, 0) is 19.6 Å². The zero-order valence-electron chi connectivity index (χ0n) is 16.1. The van der Waals surface area contributed by atoms with Crippen molar-refractivity contribution >= 4 is 27.9 Å². The molecule has 3 N–H and O–H groups in total.